The third-order valence-electron chi connectivity index (χ3n) is 2.55. The Morgan fingerprint density at radius 1 is 1.47 bits per heavy atom. The van der Waals surface area contributed by atoms with E-state index in [-0.39, 0.29) is 17.2 Å². The number of furan rings is 1. The lowest BCUT2D eigenvalue weighted by molar-refractivity contribution is 0.0907. The SMILES string of the molecule is O=C(NC(CO)c1ccco1)c1ccc(F)cc1Cl. The zero-order chi connectivity index (χ0) is 13.8. The molecule has 6 heteroatoms. The van der Waals surface area contributed by atoms with Crippen LogP contribution in [0.3, 0.4) is 0 Å². The van der Waals surface area contributed by atoms with Crippen LogP contribution in [0.25, 0.3) is 0 Å². The molecule has 1 aromatic carbocycles. The van der Waals surface area contributed by atoms with E-state index in [9.17, 15) is 14.3 Å². The molecular weight excluding hydrogens is 273 g/mol. The minimum atomic E-state index is -0.677. The Morgan fingerprint density at radius 2 is 2.26 bits per heavy atom. The van der Waals surface area contributed by atoms with Crippen molar-refractivity contribution in [3.8, 4) is 0 Å². The van der Waals surface area contributed by atoms with Crippen LogP contribution in [0.5, 0.6) is 0 Å². The number of aliphatic hydroxyl groups excluding tert-OH is 1. The van der Waals surface area contributed by atoms with Gasteiger partial charge in [0.1, 0.15) is 17.6 Å². The number of benzene rings is 1. The second-order valence-corrected chi connectivity index (χ2v) is 4.26. The highest BCUT2D eigenvalue weighted by Crippen LogP contribution is 2.19. The van der Waals surface area contributed by atoms with Crippen molar-refractivity contribution in [3.63, 3.8) is 0 Å². The number of hydrogen-bond acceptors (Lipinski definition) is 3. The van der Waals surface area contributed by atoms with E-state index in [1.54, 1.807) is 12.1 Å². The maximum atomic E-state index is 12.9. The van der Waals surface area contributed by atoms with Gasteiger partial charge in [0, 0.05) is 0 Å². The van der Waals surface area contributed by atoms with E-state index in [1.807, 2.05) is 0 Å². The molecular formula is C13H11ClFNO3. The summed E-state index contributed by atoms with van der Waals surface area (Å²) in [5, 5.41) is 11.8. The zero-order valence-corrected chi connectivity index (χ0v) is 10.5. The van der Waals surface area contributed by atoms with Crippen molar-refractivity contribution < 1.29 is 18.7 Å². The van der Waals surface area contributed by atoms with E-state index in [1.165, 1.54) is 12.3 Å². The van der Waals surface area contributed by atoms with Gasteiger partial charge in [0.05, 0.1) is 23.5 Å². The van der Waals surface area contributed by atoms with Gasteiger partial charge in [-0.3, -0.25) is 4.79 Å². The Kier molecular flexibility index (Phi) is 4.19. The lowest BCUT2D eigenvalue weighted by Gasteiger charge is -2.14. The van der Waals surface area contributed by atoms with E-state index in [0.29, 0.717) is 5.76 Å². The third kappa shape index (κ3) is 3.13. The number of nitrogens with one attached hydrogen (secondary N) is 1. The van der Waals surface area contributed by atoms with Gasteiger partial charge in [0.15, 0.2) is 0 Å². The molecule has 1 aromatic heterocycles. The van der Waals surface area contributed by atoms with Crippen molar-refractivity contribution in [3.05, 3.63) is 58.8 Å². The standard InChI is InChI=1S/C13H11ClFNO3/c14-10-6-8(15)3-4-9(10)13(18)16-11(7-17)12-2-1-5-19-12/h1-6,11,17H,7H2,(H,16,18). The van der Waals surface area contributed by atoms with Gasteiger partial charge >= 0.3 is 0 Å². The zero-order valence-electron chi connectivity index (χ0n) is 9.77. The first kappa shape index (κ1) is 13.6. The van der Waals surface area contributed by atoms with Crippen molar-refractivity contribution in [1.82, 2.24) is 5.32 Å². The number of rotatable bonds is 4. The summed E-state index contributed by atoms with van der Waals surface area (Å²) in [5.41, 5.74) is 0.132. The van der Waals surface area contributed by atoms with Crippen LogP contribution in [0.1, 0.15) is 22.2 Å². The Morgan fingerprint density at radius 3 is 2.84 bits per heavy atom. The third-order valence-corrected chi connectivity index (χ3v) is 2.86. The summed E-state index contributed by atoms with van der Waals surface area (Å²) < 4.78 is 18.0. The lowest BCUT2D eigenvalue weighted by atomic mass is 10.1. The van der Waals surface area contributed by atoms with Gasteiger partial charge in [0.25, 0.3) is 5.91 Å². The molecule has 2 N–H and O–H groups in total. The largest absolute Gasteiger partial charge is 0.467 e. The fourth-order valence-electron chi connectivity index (χ4n) is 1.61. The molecule has 4 nitrogen and oxygen atoms in total. The molecule has 0 aliphatic rings. The van der Waals surface area contributed by atoms with Crippen LogP contribution < -0.4 is 5.32 Å². The molecule has 0 fully saturated rings. The summed E-state index contributed by atoms with van der Waals surface area (Å²) in [6.07, 6.45) is 1.44. The topological polar surface area (TPSA) is 62.5 Å². The molecule has 0 saturated heterocycles. The summed E-state index contributed by atoms with van der Waals surface area (Å²) in [4.78, 5) is 12.0. The van der Waals surface area contributed by atoms with E-state index >= 15 is 0 Å². The van der Waals surface area contributed by atoms with Gasteiger partial charge in [-0.15, -0.1) is 0 Å². The molecule has 0 saturated carbocycles. The molecule has 0 bridgehead atoms. The van der Waals surface area contributed by atoms with E-state index in [2.05, 4.69) is 5.32 Å². The predicted octanol–water partition coefficient (Wildman–Crippen LogP) is 2.54. The van der Waals surface area contributed by atoms with Gasteiger partial charge < -0.3 is 14.8 Å². The average molecular weight is 284 g/mol. The van der Waals surface area contributed by atoms with E-state index in [0.717, 1.165) is 12.1 Å². The summed E-state index contributed by atoms with van der Waals surface area (Å²) in [5.74, 6) is -0.610. The van der Waals surface area contributed by atoms with Crippen molar-refractivity contribution in [2.75, 3.05) is 6.61 Å². The Bertz CT molecular complexity index is 571. The van der Waals surface area contributed by atoms with Gasteiger partial charge in [0.2, 0.25) is 0 Å². The highest BCUT2D eigenvalue weighted by Gasteiger charge is 2.19. The molecule has 2 aromatic rings. The van der Waals surface area contributed by atoms with Gasteiger partial charge in [-0.1, -0.05) is 11.6 Å². The van der Waals surface area contributed by atoms with Crippen molar-refractivity contribution in [1.29, 1.82) is 0 Å². The van der Waals surface area contributed by atoms with E-state index < -0.39 is 17.8 Å². The molecule has 0 radical (unpaired) electrons. The minimum Gasteiger partial charge on any atom is -0.467 e. The number of hydrogen-bond donors (Lipinski definition) is 2. The van der Waals surface area contributed by atoms with Crippen LogP contribution in [-0.4, -0.2) is 17.6 Å². The second-order valence-electron chi connectivity index (χ2n) is 3.85. The normalized spacial score (nSPS) is 12.2. The number of amides is 1. The quantitative estimate of drug-likeness (QED) is 0.906. The van der Waals surface area contributed by atoms with Crippen molar-refractivity contribution in [2.45, 2.75) is 6.04 Å². The fourth-order valence-corrected chi connectivity index (χ4v) is 1.86. The molecule has 0 aliphatic carbocycles. The van der Waals surface area contributed by atoms with Crippen LogP contribution in [-0.2, 0) is 0 Å². The van der Waals surface area contributed by atoms with Crippen molar-refractivity contribution >= 4 is 17.5 Å². The fraction of sp³-hybridized carbons (Fsp3) is 0.154. The maximum Gasteiger partial charge on any atom is 0.253 e. The van der Waals surface area contributed by atoms with Crippen molar-refractivity contribution in [2.24, 2.45) is 0 Å². The minimum absolute atomic E-state index is 0.00800. The highest BCUT2D eigenvalue weighted by molar-refractivity contribution is 6.33. The average Bonchev–Trinajstić information content (AvgIpc) is 2.89. The highest BCUT2D eigenvalue weighted by atomic mass is 35.5. The molecule has 2 rings (SSSR count). The van der Waals surface area contributed by atoms with Gasteiger partial charge in [-0.2, -0.15) is 0 Å². The first-order chi connectivity index (χ1) is 9.11. The molecule has 19 heavy (non-hydrogen) atoms. The molecule has 1 amide bonds. The van der Waals surface area contributed by atoms with E-state index in [4.69, 9.17) is 16.0 Å². The summed E-state index contributed by atoms with van der Waals surface area (Å²) in [7, 11) is 0. The maximum absolute atomic E-state index is 12.9. The molecule has 1 unspecified atom stereocenters. The Labute approximate surface area is 113 Å². The van der Waals surface area contributed by atoms with Gasteiger partial charge in [-0.05, 0) is 30.3 Å². The molecule has 1 atom stereocenters. The monoisotopic (exact) mass is 283 g/mol. The first-order valence-corrected chi connectivity index (χ1v) is 5.90. The van der Waals surface area contributed by atoms with Crippen LogP contribution in [0.4, 0.5) is 4.39 Å². The number of carbonyl (C=O) groups excluding carboxylic acids is 1. The smallest absolute Gasteiger partial charge is 0.253 e. The molecule has 1 heterocycles. The number of halogens is 2. The Balaban J connectivity index is 2.16. The first-order valence-electron chi connectivity index (χ1n) is 5.52. The summed E-state index contributed by atoms with van der Waals surface area (Å²) in [6.45, 7) is -0.321. The second kappa shape index (κ2) is 5.86. The van der Waals surface area contributed by atoms with Crippen LogP contribution >= 0.6 is 11.6 Å². The number of carbonyl (C=O) groups is 1. The van der Waals surface area contributed by atoms with Crippen LogP contribution in [0.15, 0.2) is 41.0 Å². The summed E-state index contributed by atoms with van der Waals surface area (Å²) >= 11 is 5.79. The number of aliphatic hydroxyl groups is 1. The van der Waals surface area contributed by atoms with Crippen LogP contribution in [0.2, 0.25) is 5.02 Å². The molecule has 0 spiro atoms. The predicted molar refractivity (Wildman–Crippen MR) is 67.4 cm³/mol. The Hall–Kier alpha value is -1.85. The summed E-state index contributed by atoms with van der Waals surface area (Å²) in [6, 6.07) is 6.08. The lowest BCUT2D eigenvalue weighted by Crippen LogP contribution is -2.30. The molecule has 100 valence electrons. The molecule has 0 aliphatic heterocycles. The van der Waals surface area contributed by atoms with Gasteiger partial charge in [-0.25, -0.2) is 4.39 Å². The van der Waals surface area contributed by atoms with Crippen LogP contribution in [0, 0.1) is 5.82 Å².